The highest BCUT2D eigenvalue weighted by molar-refractivity contribution is 9.10. The zero-order chi connectivity index (χ0) is 14.7. The van der Waals surface area contributed by atoms with E-state index in [2.05, 4.69) is 26.2 Å². The molecule has 1 aromatic heterocycles. The summed E-state index contributed by atoms with van der Waals surface area (Å²) in [4.78, 5) is 15.7. The number of phenols is 1. The maximum Gasteiger partial charge on any atom is 0.228 e. The minimum absolute atomic E-state index is 0.00905. The van der Waals surface area contributed by atoms with E-state index in [0.717, 1.165) is 16.6 Å². The van der Waals surface area contributed by atoms with Crippen LogP contribution < -0.4 is 5.32 Å². The van der Waals surface area contributed by atoms with Crippen molar-refractivity contribution in [3.63, 3.8) is 0 Å². The van der Waals surface area contributed by atoms with Crippen LogP contribution in [0.5, 0.6) is 5.75 Å². The van der Waals surface area contributed by atoms with Crippen molar-refractivity contribution in [3.05, 3.63) is 52.3 Å². The van der Waals surface area contributed by atoms with Crippen molar-refractivity contribution < 1.29 is 18.7 Å². The Balaban J connectivity index is 2.11. The molecule has 104 valence electrons. The molecule has 0 spiro atoms. The molecule has 0 saturated heterocycles. The number of phenolic OH excluding ortho intramolecular Hbond substituents is 1. The molecule has 2 N–H and O–H groups in total. The normalized spacial score (nSPS) is 10.3. The van der Waals surface area contributed by atoms with Crippen LogP contribution in [-0.2, 0) is 11.2 Å². The summed E-state index contributed by atoms with van der Waals surface area (Å²) in [5.74, 6) is -3.99. The van der Waals surface area contributed by atoms with Gasteiger partial charge >= 0.3 is 0 Å². The van der Waals surface area contributed by atoms with Crippen LogP contribution in [0, 0.1) is 11.6 Å². The molecule has 0 bridgehead atoms. The molecule has 1 heterocycles. The Morgan fingerprint density at radius 1 is 1.35 bits per heavy atom. The number of rotatable bonds is 3. The lowest BCUT2D eigenvalue weighted by Gasteiger charge is -2.08. The van der Waals surface area contributed by atoms with E-state index in [1.54, 1.807) is 12.3 Å². The Bertz CT molecular complexity index is 665. The van der Waals surface area contributed by atoms with Crippen molar-refractivity contribution in [1.29, 1.82) is 0 Å². The molecule has 0 saturated carbocycles. The van der Waals surface area contributed by atoms with Crippen LogP contribution in [-0.4, -0.2) is 16.0 Å². The van der Waals surface area contributed by atoms with E-state index in [4.69, 9.17) is 0 Å². The second-order valence-corrected chi connectivity index (χ2v) is 4.91. The number of pyridine rings is 1. The van der Waals surface area contributed by atoms with Gasteiger partial charge in [-0.3, -0.25) is 9.78 Å². The molecule has 1 aromatic carbocycles. The average Bonchev–Trinajstić information content (AvgIpc) is 2.39. The van der Waals surface area contributed by atoms with Gasteiger partial charge in [-0.1, -0.05) is 0 Å². The molecular weight excluding hydrogens is 334 g/mol. The highest BCUT2D eigenvalue weighted by Gasteiger charge is 2.14. The van der Waals surface area contributed by atoms with Gasteiger partial charge in [0.15, 0.2) is 11.6 Å². The van der Waals surface area contributed by atoms with E-state index >= 15 is 0 Å². The smallest absolute Gasteiger partial charge is 0.228 e. The van der Waals surface area contributed by atoms with Crippen LogP contribution >= 0.6 is 15.9 Å². The lowest BCUT2D eigenvalue weighted by molar-refractivity contribution is -0.115. The number of halogens is 3. The van der Waals surface area contributed by atoms with Crippen LogP contribution in [0.15, 0.2) is 35.1 Å². The number of amides is 1. The molecule has 0 aliphatic rings. The number of nitrogens with zero attached hydrogens (tertiary/aromatic N) is 1. The van der Waals surface area contributed by atoms with Crippen LogP contribution in [0.25, 0.3) is 0 Å². The van der Waals surface area contributed by atoms with E-state index < -0.39 is 23.3 Å². The second-order valence-electron chi connectivity index (χ2n) is 3.99. The fourth-order valence-electron chi connectivity index (χ4n) is 1.57. The zero-order valence-electron chi connectivity index (χ0n) is 10.0. The van der Waals surface area contributed by atoms with Crippen LogP contribution in [0.4, 0.5) is 14.5 Å². The number of hydrogen-bond acceptors (Lipinski definition) is 3. The molecular formula is C13H9BrF2N2O2. The highest BCUT2D eigenvalue weighted by Crippen LogP contribution is 2.28. The summed E-state index contributed by atoms with van der Waals surface area (Å²) in [6, 6.07) is 3.62. The summed E-state index contributed by atoms with van der Waals surface area (Å²) in [6.07, 6.45) is 3.07. The third kappa shape index (κ3) is 3.30. The molecule has 0 fully saturated rings. The number of nitrogens with one attached hydrogen (secondary N) is 1. The molecule has 2 rings (SSSR count). The number of hydrogen-bond donors (Lipinski definition) is 2. The third-order valence-corrected chi connectivity index (χ3v) is 2.90. The minimum Gasteiger partial charge on any atom is -0.503 e. The maximum absolute atomic E-state index is 13.1. The number of aromatic hydroxyl groups is 1. The second kappa shape index (κ2) is 5.96. The monoisotopic (exact) mass is 342 g/mol. The van der Waals surface area contributed by atoms with Gasteiger partial charge in [-0.15, -0.1) is 0 Å². The van der Waals surface area contributed by atoms with E-state index in [1.807, 2.05) is 0 Å². The maximum atomic E-state index is 13.1. The average molecular weight is 343 g/mol. The fraction of sp³-hybridized carbons (Fsp3) is 0.0769. The first-order chi connectivity index (χ1) is 9.47. The first-order valence-corrected chi connectivity index (χ1v) is 6.33. The molecule has 0 aliphatic carbocycles. The predicted octanol–water partition coefficient (Wildman–Crippen LogP) is 3.01. The van der Waals surface area contributed by atoms with Crippen molar-refractivity contribution in [2.24, 2.45) is 0 Å². The zero-order valence-corrected chi connectivity index (χ0v) is 11.6. The molecule has 0 atom stereocenters. The van der Waals surface area contributed by atoms with Crippen molar-refractivity contribution in [3.8, 4) is 5.75 Å². The van der Waals surface area contributed by atoms with Crippen molar-refractivity contribution >= 4 is 27.5 Å². The molecule has 0 unspecified atom stereocenters. The Labute approximate surface area is 121 Å². The standard InChI is InChI=1S/C13H9BrF2N2O2/c14-8-3-7(5-17-6-8)4-11(19)18-10-2-1-9(15)12(16)13(10)20/h1-3,5-6,20H,4H2,(H,18,19). The van der Waals surface area contributed by atoms with E-state index in [9.17, 15) is 18.7 Å². The number of aromatic nitrogens is 1. The molecule has 1 amide bonds. The molecule has 7 heteroatoms. The predicted molar refractivity (Wildman–Crippen MR) is 72.3 cm³/mol. The van der Waals surface area contributed by atoms with Crippen LogP contribution in [0.3, 0.4) is 0 Å². The van der Waals surface area contributed by atoms with Crippen molar-refractivity contribution in [1.82, 2.24) is 4.98 Å². The summed E-state index contributed by atoms with van der Waals surface area (Å²) in [5.41, 5.74) is 0.454. The lowest BCUT2D eigenvalue weighted by Crippen LogP contribution is -2.15. The van der Waals surface area contributed by atoms with Gasteiger partial charge in [-0.25, -0.2) is 4.39 Å². The highest BCUT2D eigenvalue weighted by atomic mass is 79.9. The summed E-state index contributed by atoms with van der Waals surface area (Å²) >= 11 is 3.22. The summed E-state index contributed by atoms with van der Waals surface area (Å²) in [7, 11) is 0. The topological polar surface area (TPSA) is 62.2 Å². The van der Waals surface area contributed by atoms with Gasteiger partial charge in [0, 0.05) is 16.9 Å². The minimum atomic E-state index is -1.40. The molecule has 0 aliphatic heterocycles. The Kier molecular flexibility index (Phi) is 4.29. The quantitative estimate of drug-likeness (QED) is 0.843. The third-order valence-electron chi connectivity index (χ3n) is 2.47. The van der Waals surface area contributed by atoms with Gasteiger partial charge in [0.25, 0.3) is 0 Å². The van der Waals surface area contributed by atoms with E-state index in [0.29, 0.717) is 5.56 Å². The van der Waals surface area contributed by atoms with E-state index in [1.165, 1.54) is 6.20 Å². The van der Waals surface area contributed by atoms with Gasteiger partial charge in [-0.05, 0) is 39.7 Å². The van der Waals surface area contributed by atoms with E-state index in [-0.39, 0.29) is 12.1 Å². The fourth-order valence-corrected chi connectivity index (χ4v) is 1.99. The SMILES string of the molecule is O=C(Cc1cncc(Br)c1)Nc1ccc(F)c(F)c1O. The van der Waals surface area contributed by atoms with Crippen molar-refractivity contribution in [2.45, 2.75) is 6.42 Å². The first-order valence-electron chi connectivity index (χ1n) is 5.53. The molecule has 20 heavy (non-hydrogen) atoms. The van der Waals surface area contributed by atoms with Gasteiger partial charge < -0.3 is 10.4 Å². The van der Waals surface area contributed by atoms with Crippen LogP contribution in [0.2, 0.25) is 0 Å². The molecule has 2 aromatic rings. The van der Waals surface area contributed by atoms with Gasteiger partial charge in [0.05, 0.1) is 12.1 Å². The van der Waals surface area contributed by atoms with Crippen molar-refractivity contribution in [2.75, 3.05) is 5.32 Å². The summed E-state index contributed by atoms with van der Waals surface area (Å²) in [6.45, 7) is 0. The Morgan fingerprint density at radius 2 is 2.10 bits per heavy atom. The Morgan fingerprint density at radius 3 is 2.80 bits per heavy atom. The lowest BCUT2D eigenvalue weighted by atomic mass is 10.2. The molecule has 4 nitrogen and oxygen atoms in total. The van der Waals surface area contributed by atoms with Gasteiger partial charge in [-0.2, -0.15) is 4.39 Å². The van der Waals surface area contributed by atoms with Gasteiger partial charge in [0.2, 0.25) is 11.7 Å². The number of carbonyl (C=O) groups excluding carboxylic acids is 1. The summed E-state index contributed by atoms with van der Waals surface area (Å²) in [5, 5.41) is 11.7. The summed E-state index contributed by atoms with van der Waals surface area (Å²) < 4.78 is 26.7. The number of benzene rings is 1. The van der Waals surface area contributed by atoms with Crippen LogP contribution in [0.1, 0.15) is 5.56 Å². The molecule has 0 radical (unpaired) electrons. The largest absolute Gasteiger partial charge is 0.503 e. The Hall–Kier alpha value is -2.02. The number of anilines is 1. The van der Waals surface area contributed by atoms with Gasteiger partial charge in [0.1, 0.15) is 0 Å². The first kappa shape index (κ1) is 14.4. The number of carbonyl (C=O) groups is 1.